The molecule has 0 fully saturated rings. The van der Waals surface area contributed by atoms with E-state index in [-0.39, 0.29) is 0 Å². The Morgan fingerprint density at radius 1 is 0.193 bits per heavy atom. The minimum Gasteiger partial charge on any atom is -0.0623 e. The third-order valence-corrected chi connectivity index (χ3v) is 17.4. The maximum absolute atomic E-state index is 2.74. The lowest BCUT2D eigenvalue weighted by Crippen LogP contribution is -2.74. The van der Waals surface area contributed by atoms with E-state index in [4.69, 9.17) is 0 Å². The molecule has 0 aliphatic rings. The summed E-state index contributed by atoms with van der Waals surface area (Å²) in [7, 11) is -2.74. The van der Waals surface area contributed by atoms with Crippen molar-refractivity contribution in [3.05, 3.63) is 218 Å². The van der Waals surface area contributed by atoms with Crippen molar-refractivity contribution >= 4 is 93.5 Å². The predicted molar refractivity (Wildman–Crippen MR) is 248 cm³/mol. The molecule has 1 heteroatoms. The molecule has 0 nitrogen and oxygen atoms in total. The molecule has 0 heterocycles. The Kier molecular flexibility index (Phi) is 7.05. The van der Waals surface area contributed by atoms with Gasteiger partial charge in [-0.25, -0.2) is 0 Å². The summed E-state index contributed by atoms with van der Waals surface area (Å²) in [5.41, 5.74) is 4.96. The second-order valence-corrected chi connectivity index (χ2v) is 19.5. The van der Waals surface area contributed by atoms with Crippen LogP contribution in [0.3, 0.4) is 0 Å². The second kappa shape index (κ2) is 12.5. The van der Waals surface area contributed by atoms with E-state index in [0.717, 1.165) is 0 Å². The van der Waals surface area contributed by atoms with Gasteiger partial charge >= 0.3 is 0 Å². The maximum atomic E-state index is 2.42. The van der Waals surface area contributed by atoms with Gasteiger partial charge in [0.05, 0.1) is 0 Å². The van der Waals surface area contributed by atoms with Crippen molar-refractivity contribution in [1.82, 2.24) is 0 Å². The molecule has 0 radical (unpaired) electrons. The summed E-state index contributed by atoms with van der Waals surface area (Å²) in [4.78, 5) is 0. The summed E-state index contributed by atoms with van der Waals surface area (Å²) in [6, 6.07) is 82.5. The van der Waals surface area contributed by atoms with Crippen molar-refractivity contribution in [2.75, 3.05) is 0 Å². The zero-order valence-electron chi connectivity index (χ0n) is 31.3. The van der Waals surface area contributed by atoms with Crippen LogP contribution in [0.4, 0.5) is 0 Å². The molecule has 12 rings (SSSR count). The molecule has 57 heavy (non-hydrogen) atoms. The fraction of sp³-hybridized carbons (Fsp3) is 0. The van der Waals surface area contributed by atoms with E-state index in [1.165, 1.54) is 108 Å². The van der Waals surface area contributed by atoms with E-state index in [9.17, 15) is 0 Å². The Balaban J connectivity index is 1.00. The molecule has 0 spiro atoms. The first-order valence-corrected chi connectivity index (χ1v) is 21.9. The predicted octanol–water partition coefficient (Wildman–Crippen LogP) is 12.2. The number of hydrogen-bond donors (Lipinski definition) is 0. The number of hydrogen-bond acceptors (Lipinski definition) is 0. The smallest absolute Gasteiger partial charge is 0.0623 e. The summed E-state index contributed by atoms with van der Waals surface area (Å²) >= 11 is 0. The molecule has 0 saturated heterocycles. The van der Waals surface area contributed by atoms with Gasteiger partial charge in [0, 0.05) is 0 Å². The molecule has 0 bridgehead atoms. The lowest BCUT2D eigenvalue weighted by atomic mass is 9.91. The molecule has 0 amide bonds. The van der Waals surface area contributed by atoms with Gasteiger partial charge in [0.1, 0.15) is 0 Å². The largest absolute Gasteiger partial charge is 0.179 e. The minimum atomic E-state index is -2.74. The third kappa shape index (κ3) is 4.86. The SMILES string of the molecule is c1ccc([Si](c2ccccc2)(c2ccc(-c3cc4ccc5cccc6ccc(c3)c4c56)cc2)c2ccc(-c3cc4ccc5cccc6ccc(c3)c4c56)cc2)cc1. The first-order chi connectivity index (χ1) is 28.2. The summed E-state index contributed by atoms with van der Waals surface area (Å²) in [5, 5.41) is 21.3. The highest BCUT2D eigenvalue weighted by Crippen LogP contribution is 2.39. The van der Waals surface area contributed by atoms with Crippen LogP contribution >= 0.6 is 0 Å². The summed E-state index contributed by atoms with van der Waals surface area (Å²) < 4.78 is 0. The Morgan fingerprint density at radius 3 is 0.807 bits per heavy atom. The van der Waals surface area contributed by atoms with Gasteiger partial charge in [0.2, 0.25) is 0 Å². The lowest BCUT2D eigenvalue weighted by Gasteiger charge is -2.34. The van der Waals surface area contributed by atoms with Crippen LogP contribution in [0.15, 0.2) is 218 Å². The molecule has 264 valence electrons. The molecule has 0 aliphatic heterocycles. The van der Waals surface area contributed by atoms with E-state index in [2.05, 4.69) is 218 Å². The molecule has 0 aromatic heterocycles. The van der Waals surface area contributed by atoms with Crippen LogP contribution in [0.1, 0.15) is 0 Å². The summed E-state index contributed by atoms with van der Waals surface area (Å²) in [6.07, 6.45) is 0. The molecule has 0 saturated carbocycles. The van der Waals surface area contributed by atoms with Gasteiger partial charge in [-0.3, -0.25) is 0 Å². The fourth-order valence-corrected chi connectivity index (χ4v) is 14.8. The summed E-state index contributed by atoms with van der Waals surface area (Å²) in [6.45, 7) is 0. The van der Waals surface area contributed by atoms with Gasteiger partial charge in [-0.15, -0.1) is 0 Å². The molecule has 0 atom stereocenters. The second-order valence-electron chi connectivity index (χ2n) is 15.7. The first kappa shape index (κ1) is 32.2. The quantitative estimate of drug-likeness (QED) is 0.0906. The Labute approximate surface area is 332 Å². The molecule has 0 aliphatic carbocycles. The standard InChI is InChI=1S/C56H36Si/c1-3-13-49(14-4-1)57(50-15-5-2-6-16-50,51-29-25-37(26-30-51)47-33-43-21-17-39-9-7-10-40-18-22-44(34-47)55(43)53(39)40)52-31-27-38(28-32-52)48-35-45-23-19-41-11-8-12-42-20-24-46(36-48)56(45)54(41)42/h1-36H. The highest BCUT2D eigenvalue weighted by atomic mass is 28.3. The molecule has 12 aromatic rings. The zero-order valence-corrected chi connectivity index (χ0v) is 32.3. The minimum absolute atomic E-state index is 1.23. The van der Waals surface area contributed by atoms with Crippen molar-refractivity contribution < 1.29 is 0 Å². The van der Waals surface area contributed by atoms with Crippen LogP contribution in [-0.4, -0.2) is 8.07 Å². The van der Waals surface area contributed by atoms with E-state index >= 15 is 0 Å². The van der Waals surface area contributed by atoms with Crippen molar-refractivity contribution in [3.63, 3.8) is 0 Å². The first-order valence-electron chi connectivity index (χ1n) is 19.9. The molecule has 12 aromatic carbocycles. The Bertz CT molecular complexity index is 3060. The van der Waals surface area contributed by atoms with Crippen molar-refractivity contribution in [1.29, 1.82) is 0 Å². The van der Waals surface area contributed by atoms with Crippen LogP contribution in [-0.2, 0) is 0 Å². The van der Waals surface area contributed by atoms with Gasteiger partial charge in [0.25, 0.3) is 0 Å². The topological polar surface area (TPSA) is 0 Å². The van der Waals surface area contributed by atoms with Gasteiger partial charge in [-0.05, 0) is 132 Å². The average Bonchev–Trinajstić information content (AvgIpc) is 3.28. The molecular formula is C56H36Si. The number of rotatable bonds is 6. The number of benzene rings is 12. The summed E-state index contributed by atoms with van der Waals surface area (Å²) in [5.74, 6) is 0. The van der Waals surface area contributed by atoms with E-state index in [0.29, 0.717) is 0 Å². The van der Waals surface area contributed by atoms with E-state index in [1.54, 1.807) is 0 Å². The van der Waals surface area contributed by atoms with Crippen LogP contribution in [0.25, 0.3) is 86.9 Å². The molecule has 0 N–H and O–H groups in total. The Hall–Kier alpha value is -7.06. The zero-order chi connectivity index (χ0) is 37.5. The Morgan fingerprint density at radius 2 is 0.474 bits per heavy atom. The lowest BCUT2D eigenvalue weighted by molar-refractivity contribution is 1.64. The maximum Gasteiger partial charge on any atom is 0.179 e. The van der Waals surface area contributed by atoms with Crippen LogP contribution in [0.5, 0.6) is 0 Å². The van der Waals surface area contributed by atoms with Gasteiger partial charge < -0.3 is 0 Å². The fourth-order valence-electron chi connectivity index (χ4n) is 10.0. The van der Waals surface area contributed by atoms with Crippen LogP contribution in [0, 0.1) is 0 Å². The van der Waals surface area contributed by atoms with Crippen LogP contribution in [0.2, 0.25) is 0 Å². The van der Waals surface area contributed by atoms with Crippen LogP contribution < -0.4 is 20.7 Å². The normalized spacial score (nSPS) is 12.2. The monoisotopic (exact) mass is 736 g/mol. The van der Waals surface area contributed by atoms with Crippen molar-refractivity contribution in [2.24, 2.45) is 0 Å². The van der Waals surface area contributed by atoms with Crippen molar-refractivity contribution in [2.45, 2.75) is 0 Å². The third-order valence-electron chi connectivity index (χ3n) is 12.6. The highest BCUT2D eigenvalue weighted by molar-refractivity contribution is 7.19. The highest BCUT2D eigenvalue weighted by Gasteiger charge is 2.41. The van der Waals surface area contributed by atoms with Gasteiger partial charge in [0.15, 0.2) is 8.07 Å². The van der Waals surface area contributed by atoms with Gasteiger partial charge in [-0.2, -0.15) is 0 Å². The van der Waals surface area contributed by atoms with Gasteiger partial charge in [-0.1, -0.05) is 194 Å². The van der Waals surface area contributed by atoms with E-state index < -0.39 is 8.07 Å². The average molecular weight is 737 g/mol. The molecule has 0 unspecified atom stereocenters. The van der Waals surface area contributed by atoms with E-state index in [1.807, 2.05) is 0 Å². The van der Waals surface area contributed by atoms with Crippen molar-refractivity contribution in [3.8, 4) is 22.3 Å². The molecular weight excluding hydrogens is 701 g/mol.